The Morgan fingerprint density at radius 2 is 2.16 bits per heavy atom. The van der Waals surface area contributed by atoms with Crippen molar-refractivity contribution in [2.24, 2.45) is 7.05 Å². The number of aromatic nitrogens is 4. The predicted octanol–water partition coefficient (Wildman–Crippen LogP) is 1.82. The summed E-state index contributed by atoms with van der Waals surface area (Å²) >= 11 is 0. The molecule has 0 aliphatic heterocycles. The van der Waals surface area contributed by atoms with Crippen LogP contribution in [0.15, 0.2) is 18.3 Å². The molecule has 0 spiro atoms. The molecular weight excluding hydrogens is 240 g/mol. The molecule has 2 rings (SSSR count). The Bertz CT molecular complexity index is 591. The molecule has 0 unspecified atom stereocenters. The van der Waals surface area contributed by atoms with Crippen LogP contribution in [-0.4, -0.2) is 19.7 Å². The number of nitrogens with zero attached hydrogens (tertiary/aromatic N) is 5. The third-order valence-corrected chi connectivity index (χ3v) is 2.84. The van der Waals surface area contributed by atoms with Crippen LogP contribution in [0.3, 0.4) is 0 Å². The third kappa shape index (κ3) is 2.88. The largest absolute Gasteiger partial charge is 0.363 e. The highest BCUT2D eigenvalue weighted by Gasteiger charge is 2.11. The Morgan fingerprint density at radius 1 is 1.37 bits per heavy atom. The highest BCUT2D eigenvalue weighted by atomic mass is 15.3. The summed E-state index contributed by atoms with van der Waals surface area (Å²) in [5.74, 6) is 2.88. The topological polar surface area (TPSA) is 79.4 Å². The summed E-state index contributed by atoms with van der Waals surface area (Å²) in [4.78, 5) is 4.15. The second-order valence-corrected chi connectivity index (χ2v) is 4.59. The first-order valence-corrected chi connectivity index (χ1v) is 6.10. The van der Waals surface area contributed by atoms with Crippen molar-refractivity contribution >= 4 is 5.82 Å². The number of nitrogens with one attached hydrogen (secondary N) is 1. The van der Waals surface area contributed by atoms with Crippen molar-refractivity contribution in [2.45, 2.75) is 26.3 Å². The lowest BCUT2D eigenvalue weighted by atomic mass is 10.2. The van der Waals surface area contributed by atoms with E-state index in [1.54, 1.807) is 18.3 Å². The summed E-state index contributed by atoms with van der Waals surface area (Å²) in [6.45, 7) is 4.72. The molecule has 2 aromatic rings. The van der Waals surface area contributed by atoms with Crippen LogP contribution in [0.5, 0.6) is 0 Å². The van der Waals surface area contributed by atoms with E-state index in [4.69, 9.17) is 5.26 Å². The van der Waals surface area contributed by atoms with Crippen molar-refractivity contribution in [2.75, 3.05) is 5.32 Å². The summed E-state index contributed by atoms with van der Waals surface area (Å²) in [7, 11) is 1.96. The smallest absolute Gasteiger partial charge is 0.152 e. The molecule has 0 aliphatic rings. The van der Waals surface area contributed by atoms with E-state index >= 15 is 0 Å². The lowest BCUT2D eigenvalue weighted by Gasteiger charge is -2.07. The van der Waals surface area contributed by atoms with E-state index in [9.17, 15) is 0 Å². The molecule has 98 valence electrons. The first kappa shape index (κ1) is 13.0. The Morgan fingerprint density at radius 3 is 2.68 bits per heavy atom. The highest BCUT2D eigenvalue weighted by Crippen LogP contribution is 2.12. The molecule has 0 radical (unpaired) electrons. The van der Waals surface area contributed by atoms with Crippen LogP contribution >= 0.6 is 0 Å². The van der Waals surface area contributed by atoms with Crippen molar-refractivity contribution in [3.05, 3.63) is 35.5 Å². The predicted molar refractivity (Wildman–Crippen MR) is 71.4 cm³/mol. The van der Waals surface area contributed by atoms with E-state index in [2.05, 4.69) is 34.3 Å². The van der Waals surface area contributed by atoms with Gasteiger partial charge in [0.15, 0.2) is 5.82 Å². The van der Waals surface area contributed by atoms with Gasteiger partial charge in [-0.1, -0.05) is 13.8 Å². The molecule has 2 heterocycles. The zero-order valence-corrected chi connectivity index (χ0v) is 11.3. The van der Waals surface area contributed by atoms with Gasteiger partial charge in [0.05, 0.1) is 12.1 Å². The molecule has 0 aromatic carbocycles. The van der Waals surface area contributed by atoms with Crippen LogP contribution < -0.4 is 5.32 Å². The zero-order valence-electron chi connectivity index (χ0n) is 11.3. The fourth-order valence-electron chi connectivity index (χ4n) is 1.77. The van der Waals surface area contributed by atoms with E-state index in [-0.39, 0.29) is 0 Å². The molecule has 19 heavy (non-hydrogen) atoms. The molecule has 1 N–H and O–H groups in total. The van der Waals surface area contributed by atoms with Crippen LogP contribution in [0.25, 0.3) is 0 Å². The normalized spacial score (nSPS) is 10.5. The molecule has 0 atom stereocenters. The number of pyridine rings is 1. The van der Waals surface area contributed by atoms with E-state index in [0.717, 1.165) is 11.6 Å². The fraction of sp³-hybridized carbons (Fsp3) is 0.385. The summed E-state index contributed by atoms with van der Waals surface area (Å²) in [6, 6.07) is 5.54. The van der Waals surface area contributed by atoms with Crippen LogP contribution in [-0.2, 0) is 13.6 Å². The van der Waals surface area contributed by atoms with E-state index in [1.165, 1.54) is 0 Å². The minimum absolute atomic E-state index is 0.347. The van der Waals surface area contributed by atoms with Crippen LogP contribution in [0.2, 0.25) is 0 Å². The maximum Gasteiger partial charge on any atom is 0.152 e. The van der Waals surface area contributed by atoms with Crippen molar-refractivity contribution in [3.8, 4) is 6.07 Å². The van der Waals surface area contributed by atoms with Gasteiger partial charge in [-0.15, -0.1) is 10.2 Å². The number of anilines is 1. The summed E-state index contributed by atoms with van der Waals surface area (Å²) in [5.41, 5.74) is 0.548. The second kappa shape index (κ2) is 5.48. The van der Waals surface area contributed by atoms with Crippen molar-refractivity contribution in [3.63, 3.8) is 0 Å². The number of hydrogen-bond donors (Lipinski definition) is 1. The molecule has 6 heteroatoms. The zero-order chi connectivity index (χ0) is 13.8. The third-order valence-electron chi connectivity index (χ3n) is 2.84. The standard InChI is InChI=1S/C13H16N6/c1-9(2)13-18-17-12(19(13)3)8-16-11-5-4-10(6-14)7-15-11/h4-5,7,9H,8H2,1-3H3,(H,15,16). The average Bonchev–Trinajstić information content (AvgIpc) is 2.78. The summed E-state index contributed by atoms with van der Waals surface area (Å²) < 4.78 is 1.99. The van der Waals surface area contributed by atoms with Crippen molar-refractivity contribution in [1.29, 1.82) is 5.26 Å². The number of nitriles is 1. The quantitative estimate of drug-likeness (QED) is 0.902. The Balaban J connectivity index is 2.04. The van der Waals surface area contributed by atoms with Crippen LogP contribution in [0.1, 0.15) is 37.0 Å². The van der Waals surface area contributed by atoms with Gasteiger partial charge in [0.2, 0.25) is 0 Å². The van der Waals surface area contributed by atoms with Crippen molar-refractivity contribution < 1.29 is 0 Å². The Kier molecular flexibility index (Phi) is 3.76. The first-order valence-electron chi connectivity index (χ1n) is 6.10. The molecular formula is C13H16N6. The van der Waals surface area contributed by atoms with E-state index in [0.29, 0.717) is 23.8 Å². The maximum atomic E-state index is 8.70. The van der Waals surface area contributed by atoms with Gasteiger partial charge >= 0.3 is 0 Å². The molecule has 6 nitrogen and oxygen atoms in total. The summed E-state index contributed by atoms with van der Waals surface area (Å²) in [6.07, 6.45) is 1.54. The van der Waals surface area contributed by atoms with Crippen LogP contribution in [0, 0.1) is 11.3 Å². The second-order valence-electron chi connectivity index (χ2n) is 4.59. The number of hydrogen-bond acceptors (Lipinski definition) is 5. The minimum atomic E-state index is 0.347. The first-order chi connectivity index (χ1) is 9.11. The lowest BCUT2D eigenvalue weighted by Crippen LogP contribution is -2.09. The van der Waals surface area contributed by atoms with Gasteiger partial charge in [0.25, 0.3) is 0 Å². The summed E-state index contributed by atoms with van der Waals surface area (Å²) in [5, 5.41) is 20.2. The van der Waals surface area contributed by atoms with Crippen molar-refractivity contribution in [1.82, 2.24) is 19.7 Å². The van der Waals surface area contributed by atoms with Gasteiger partial charge in [-0.2, -0.15) is 5.26 Å². The number of rotatable bonds is 4. The fourth-order valence-corrected chi connectivity index (χ4v) is 1.77. The molecule has 2 aromatic heterocycles. The SMILES string of the molecule is CC(C)c1nnc(CNc2ccc(C#N)cn2)n1C. The lowest BCUT2D eigenvalue weighted by molar-refractivity contribution is 0.692. The van der Waals surface area contributed by atoms with Gasteiger partial charge < -0.3 is 9.88 Å². The average molecular weight is 256 g/mol. The Hall–Kier alpha value is -2.42. The highest BCUT2D eigenvalue weighted by molar-refractivity contribution is 5.38. The molecule has 0 bridgehead atoms. The van der Waals surface area contributed by atoms with Gasteiger partial charge in [-0.05, 0) is 12.1 Å². The molecule has 0 saturated heterocycles. The van der Waals surface area contributed by atoms with E-state index in [1.807, 2.05) is 17.7 Å². The van der Waals surface area contributed by atoms with Gasteiger partial charge in [0.1, 0.15) is 17.7 Å². The molecule has 0 aliphatic carbocycles. The maximum absolute atomic E-state index is 8.70. The molecule has 0 amide bonds. The Labute approximate surface area is 112 Å². The molecule has 0 saturated carbocycles. The van der Waals surface area contributed by atoms with E-state index < -0.39 is 0 Å². The minimum Gasteiger partial charge on any atom is -0.363 e. The van der Waals surface area contributed by atoms with Gasteiger partial charge in [0, 0.05) is 19.2 Å². The van der Waals surface area contributed by atoms with Gasteiger partial charge in [-0.25, -0.2) is 4.98 Å². The van der Waals surface area contributed by atoms with Crippen LogP contribution in [0.4, 0.5) is 5.82 Å². The van der Waals surface area contributed by atoms with Gasteiger partial charge in [-0.3, -0.25) is 0 Å². The molecule has 0 fully saturated rings. The monoisotopic (exact) mass is 256 g/mol.